The Morgan fingerprint density at radius 2 is 1.78 bits per heavy atom. The molecule has 0 radical (unpaired) electrons. The molecular weight excluding hydrogens is 436 g/mol. The maximum absolute atomic E-state index is 12.7. The molecule has 0 spiro atoms. The van der Waals surface area contributed by atoms with Crippen LogP contribution < -0.4 is 0 Å². The van der Waals surface area contributed by atoms with Gasteiger partial charge in [-0.3, -0.25) is 0 Å². The zero-order valence-electron chi connectivity index (χ0n) is 17.4. The fourth-order valence-corrected chi connectivity index (χ4v) is 3.39. The van der Waals surface area contributed by atoms with Gasteiger partial charge in [0.15, 0.2) is 5.76 Å². The number of hydrogen-bond donors (Lipinski definition) is 8. The molecule has 8 N–H and O–H groups in total. The van der Waals surface area contributed by atoms with Gasteiger partial charge in [-0.05, 0) is 6.92 Å². The Kier molecular flexibility index (Phi) is 9.39. The van der Waals surface area contributed by atoms with E-state index in [2.05, 4.69) is 0 Å². The summed E-state index contributed by atoms with van der Waals surface area (Å²) in [6.45, 7) is -0.892. The number of cyclic esters (lactones) is 1. The highest BCUT2D eigenvalue weighted by molar-refractivity contribution is 5.90. The van der Waals surface area contributed by atoms with Crippen molar-refractivity contribution in [3.63, 3.8) is 0 Å². The molecule has 2 aliphatic rings. The molecule has 0 aromatic heterocycles. The molecule has 8 atom stereocenters. The van der Waals surface area contributed by atoms with Gasteiger partial charge in [-0.1, -0.05) is 12.2 Å². The van der Waals surface area contributed by atoms with Gasteiger partial charge >= 0.3 is 5.97 Å². The van der Waals surface area contributed by atoms with E-state index in [0.717, 1.165) is 0 Å². The van der Waals surface area contributed by atoms with E-state index in [1.807, 2.05) is 0 Å². The van der Waals surface area contributed by atoms with Crippen molar-refractivity contribution in [2.75, 3.05) is 26.4 Å². The number of allylic oxidation sites excluding steroid dienone is 1. The molecule has 2 unspecified atom stereocenters. The van der Waals surface area contributed by atoms with Crippen molar-refractivity contribution >= 4 is 5.97 Å². The van der Waals surface area contributed by atoms with Crippen LogP contribution in [-0.2, 0) is 23.7 Å². The SMILES string of the molecule is CC=CCOC1=C(OC2O[C@H](CO)[C@@H](O)[C@H](O)[C@H]2O)C(=O)O[C@]1(CC(O)CO)[C@@H](O)CO. The molecule has 0 aliphatic carbocycles. The van der Waals surface area contributed by atoms with Crippen LogP contribution >= 0.6 is 0 Å². The van der Waals surface area contributed by atoms with Gasteiger partial charge in [0.05, 0.1) is 25.9 Å². The highest BCUT2D eigenvalue weighted by Gasteiger charge is 2.57. The molecule has 32 heavy (non-hydrogen) atoms. The van der Waals surface area contributed by atoms with Crippen LogP contribution in [0.3, 0.4) is 0 Å². The number of carbonyl (C=O) groups excluding carboxylic acids is 1. The van der Waals surface area contributed by atoms with E-state index < -0.39 is 92.2 Å². The predicted molar refractivity (Wildman–Crippen MR) is 102 cm³/mol. The lowest BCUT2D eigenvalue weighted by molar-refractivity contribution is -0.291. The van der Waals surface area contributed by atoms with Crippen molar-refractivity contribution in [3.8, 4) is 0 Å². The summed E-state index contributed by atoms with van der Waals surface area (Å²) < 4.78 is 21.4. The van der Waals surface area contributed by atoms with Gasteiger partial charge in [0.2, 0.25) is 17.7 Å². The zero-order valence-corrected chi connectivity index (χ0v) is 17.4. The molecule has 0 amide bonds. The van der Waals surface area contributed by atoms with Crippen LogP contribution in [0.25, 0.3) is 0 Å². The van der Waals surface area contributed by atoms with E-state index in [0.29, 0.717) is 0 Å². The molecule has 0 saturated carbocycles. The average molecular weight is 466 g/mol. The Labute approximate surface area is 183 Å². The number of aliphatic hydroxyl groups excluding tert-OH is 8. The third-order valence-electron chi connectivity index (χ3n) is 5.15. The summed E-state index contributed by atoms with van der Waals surface area (Å²) in [5.41, 5.74) is -2.15. The molecule has 2 heterocycles. The lowest BCUT2D eigenvalue weighted by Gasteiger charge is -2.39. The molecule has 0 aromatic carbocycles. The van der Waals surface area contributed by atoms with Crippen LogP contribution in [0, 0.1) is 0 Å². The number of esters is 1. The highest BCUT2D eigenvalue weighted by atomic mass is 16.7. The third kappa shape index (κ3) is 5.22. The lowest BCUT2D eigenvalue weighted by atomic mass is 9.88. The van der Waals surface area contributed by atoms with Gasteiger partial charge in [0.25, 0.3) is 0 Å². The van der Waals surface area contributed by atoms with Gasteiger partial charge in [-0.2, -0.15) is 0 Å². The fourth-order valence-electron chi connectivity index (χ4n) is 3.39. The summed E-state index contributed by atoms with van der Waals surface area (Å²) >= 11 is 0. The molecule has 1 fully saturated rings. The summed E-state index contributed by atoms with van der Waals surface area (Å²) in [6, 6.07) is 0. The number of rotatable bonds is 11. The van der Waals surface area contributed by atoms with E-state index in [-0.39, 0.29) is 6.61 Å². The van der Waals surface area contributed by atoms with Crippen molar-refractivity contribution in [1.82, 2.24) is 0 Å². The third-order valence-corrected chi connectivity index (χ3v) is 5.15. The summed E-state index contributed by atoms with van der Waals surface area (Å²) in [5, 5.41) is 78.5. The summed E-state index contributed by atoms with van der Waals surface area (Å²) in [7, 11) is 0. The van der Waals surface area contributed by atoms with Crippen molar-refractivity contribution in [3.05, 3.63) is 23.7 Å². The average Bonchev–Trinajstić information content (AvgIpc) is 3.04. The largest absolute Gasteiger partial charge is 0.485 e. The molecule has 1 saturated heterocycles. The van der Waals surface area contributed by atoms with E-state index in [1.165, 1.54) is 6.08 Å². The van der Waals surface area contributed by atoms with Crippen LogP contribution in [0.2, 0.25) is 0 Å². The predicted octanol–water partition coefficient (Wildman–Crippen LogP) is -4.00. The van der Waals surface area contributed by atoms with Crippen molar-refractivity contribution in [2.45, 2.75) is 61.9 Å². The second-order valence-corrected chi connectivity index (χ2v) is 7.37. The van der Waals surface area contributed by atoms with Crippen LogP contribution in [0.4, 0.5) is 0 Å². The molecule has 13 nitrogen and oxygen atoms in total. The summed E-state index contributed by atoms with van der Waals surface area (Å²) in [5.74, 6) is -2.36. The standard InChI is InChI=1S/C19H30O13/c1-2-3-4-29-16-15(31-18-14(27)13(26)12(25)10(7-21)30-18)17(28)32-19(16,11(24)8-22)5-9(23)6-20/h2-3,9-14,18,20-27H,4-8H2,1H3/t9?,10-,11+,12-,13+,14-,18?,19-/m1/s1. The molecule has 2 rings (SSSR count). The van der Waals surface area contributed by atoms with Crippen molar-refractivity contribution in [1.29, 1.82) is 0 Å². The Morgan fingerprint density at radius 3 is 2.34 bits per heavy atom. The number of hydrogen-bond acceptors (Lipinski definition) is 13. The fraction of sp³-hybridized carbons (Fsp3) is 0.737. The molecule has 184 valence electrons. The van der Waals surface area contributed by atoms with E-state index >= 15 is 0 Å². The van der Waals surface area contributed by atoms with Crippen molar-refractivity contribution < 1.29 is 64.6 Å². The number of aliphatic hydroxyl groups is 8. The van der Waals surface area contributed by atoms with Gasteiger partial charge in [0, 0.05) is 6.42 Å². The van der Waals surface area contributed by atoms with Crippen LogP contribution in [0.5, 0.6) is 0 Å². The van der Waals surface area contributed by atoms with E-state index in [1.54, 1.807) is 13.0 Å². The minimum Gasteiger partial charge on any atom is -0.485 e. The molecule has 2 aliphatic heterocycles. The van der Waals surface area contributed by atoms with Gasteiger partial charge in [0.1, 0.15) is 37.1 Å². The Hall–Kier alpha value is -1.81. The Morgan fingerprint density at radius 1 is 1.09 bits per heavy atom. The van der Waals surface area contributed by atoms with E-state index in [4.69, 9.17) is 18.9 Å². The monoisotopic (exact) mass is 466 g/mol. The second kappa shape index (κ2) is 11.4. The van der Waals surface area contributed by atoms with Crippen LogP contribution in [-0.4, -0.2) is 122 Å². The van der Waals surface area contributed by atoms with Crippen molar-refractivity contribution in [2.24, 2.45) is 0 Å². The van der Waals surface area contributed by atoms with Crippen LogP contribution in [0.15, 0.2) is 23.7 Å². The van der Waals surface area contributed by atoms with E-state index in [9.17, 15) is 45.6 Å². The first-order valence-electron chi connectivity index (χ1n) is 9.93. The van der Waals surface area contributed by atoms with Crippen LogP contribution in [0.1, 0.15) is 13.3 Å². The number of ether oxygens (including phenoxy) is 4. The molecular formula is C19H30O13. The van der Waals surface area contributed by atoms with Gasteiger partial charge < -0.3 is 59.8 Å². The Balaban J connectivity index is 2.49. The molecule has 0 bridgehead atoms. The van der Waals surface area contributed by atoms with Gasteiger partial charge in [-0.15, -0.1) is 0 Å². The first-order chi connectivity index (χ1) is 15.2. The minimum absolute atomic E-state index is 0.154. The first-order valence-corrected chi connectivity index (χ1v) is 9.93. The lowest BCUT2D eigenvalue weighted by Crippen LogP contribution is -2.59. The topological polar surface area (TPSA) is 216 Å². The zero-order chi connectivity index (χ0) is 24.1. The highest BCUT2D eigenvalue weighted by Crippen LogP contribution is 2.42. The smallest absolute Gasteiger partial charge is 0.378 e. The molecule has 0 aromatic rings. The quantitative estimate of drug-likeness (QED) is 0.108. The maximum atomic E-state index is 12.7. The molecule has 13 heteroatoms. The minimum atomic E-state index is -2.15. The number of carbonyl (C=O) groups is 1. The Bertz CT molecular complexity index is 693. The first kappa shape index (κ1) is 26.4. The normalized spacial score (nSPS) is 35.2. The maximum Gasteiger partial charge on any atom is 0.378 e. The second-order valence-electron chi connectivity index (χ2n) is 7.37. The van der Waals surface area contributed by atoms with Gasteiger partial charge in [-0.25, -0.2) is 4.79 Å². The summed E-state index contributed by atoms with van der Waals surface area (Å²) in [4.78, 5) is 12.7. The summed E-state index contributed by atoms with van der Waals surface area (Å²) in [6.07, 6.45) is -9.14.